The maximum Gasteiger partial charge on any atom is 0.222 e. The highest BCUT2D eigenvalue weighted by molar-refractivity contribution is 9.10. The van der Waals surface area contributed by atoms with Crippen LogP contribution < -0.4 is 10.1 Å². The summed E-state index contributed by atoms with van der Waals surface area (Å²) in [7, 11) is 3.63. The van der Waals surface area contributed by atoms with E-state index in [1.54, 1.807) is 7.11 Å². The van der Waals surface area contributed by atoms with Crippen molar-refractivity contribution in [3.63, 3.8) is 0 Å². The zero-order valence-electron chi connectivity index (χ0n) is 12.7. The molecule has 0 spiro atoms. The number of likely N-dealkylation sites (N-methyl/N-ethyl adjacent to an activating group) is 1. The summed E-state index contributed by atoms with van der Waals surface area (Å²) in [5.74, 6) is 1.08. The molecule has 1 saturated heterocycles. The predicted molar refractivity (Wildman–Crippen MR) is 87.7 cm³/mol. The normalized spacial score (nSPS) is 18.6. The number of ether oxygens (including phenoxy) is 1. The van der Waals surface area contributed by atoms with Crippen LogP contribution in [0.3, 0.4) is 0 Å². The van der Waals surface area contributed by atoms with Gasteiger partial charge in [-0.15, -0.1) is 0 Å². The molecule has 0 aliphatic carbocycles. The zero-order chi connectivity index (χ0) is 15.2. The number of halogens is 1. The number of methoxy groups -OCH3 is 1. The average Bonchev–Trinajstić information content (AvgIpc) is 2.52. The van der Waals surface area contributed by atoms with Crippen molar-refractivity contribution in [2.45, 2.75) is 31.7 Å². The SMILES string of the molecule is CN[C@H]1CCCN(C(=O)CCc2cc(Br)ccc2OC)C1. The van der Waals surface area contributed by atoms with Gasteiger partial charge < -0.3 is 15.0 Å². The van der Waals surface area contributed by atoms with Gasteiger partial charge in [-0.1, -0.05) is 15.9 Å². The van der Waals surface area contributed by atoms with Gasteiger partial charge in [0.15, 0.2) is 0 Å². The molecule has 1 N–H and O–H groups in total. The highest BCUT2D eigenvalue weighted by Gasteiger charge is 2.22. The minimum absolute atomic E-state index is 0.233. The van der Waals surface area contributed by atoms with Crippen molar-refractivity contribution in [3.8, 4) is 5.75 Å². The summed E-state index contributed by atoms with van der Waals surface area (Å²) in [6.45, 7) is 1.71. The number of aryl methyl sites for hydroxylation is 1. The van der Waals surface area contributed by atoms with Crippen molar-refractivity contribution >= 4 is 21.8 Å². The number of amides is 1. The number of nitrogens with one attached hydrogen (secondary N) is 1. The molecule has 0 saturated carbocycles. The van der Waals surface area contributed by atoms with Gasteiger partial charge in [0, 0.05) is 30.0 Å². The second-order valence-corrected chi connectivity index (χ2v) is 6.34. The van der Waals surface area contributed by atoms with Crippen molar-refractivity contribution in [3.05, 3.63) is 28.2 Å². The van der Waals surface area contributed by atoms with Gasteiger partial charge in [-0.3, -0.25) is 4.79 Å². The number of hydrogen-bond donors (Lipinski definition) is 1. The molecule has 1 aromatic rings. The molecule has 0 radical (unpaired) electrons. The number of likely N-dealkylation sites (tertiary alicyclic amines) is 1. The molecular formula is C16H23BrN2O2. The fourth-order valence-electron chi connectivity index (χ4n) is 2.78. The lowest BCUT2D eigenvalue weighted by atomic mass is 10.0. The molecule has 0 bridgehead atoms. The highest BCUT2D eigenvalue weighted by atomic mass is 79.9. The van der Waals surface area contributed by atoms with Gasteiger partial charge in [0.1, 0.15) is 5.75 Å². The molecular weight excluding hydrogens is 332 g/mol. The van der Waals surface area contributed by atoms with Gasteiger partial charge in [0.05, 0.1) is 7.11 Å². The van der Waals surface area contributed by atoms with E-state index >= 15 is 0 Å². The van der Waals surface area contributed by atoms with Crippen LogP contribution in [0.2, 0.25) is 0 Å². The van der Waals surface area contributed by atoms with Gasteiger partial charge >= 0.3 is 0 Å². The number of carbonyl (C=O) groups excluding carboxylic acids is 1. The summed E-state index contributed by atoms with van der Waals surface area (Å²) in [5, 5.41) is 3.27. The number of hydrogen-bond acceptors (Lipinski definition) is 3. The Labute approximate surface area is 135 Å². The molecule has 1 aliphatic rings. The Bertz CT molecular complexity index is 493. The van der Waals surface area contributed by atoms with Crippen molar-refractivity contribution < 1.29 is 9.53 Å². The summed E-state index contributed by atoms with van der Waals surface area (Å²) < 4.78 is 6.37. The first-order valence-corrected chi connectivity index (χ1v) is 8.20. The highest BCUT2D eigenvalue weighted by Crippen LogP contribution is 2.24. The van der Waals surface area contributed by atoms with E-state index < -0.39 is 0 Å². The van der Waals surface area contributed by atoms with Crippen LogP contribution in [0, 0.1) is 0 Å². The van der Waals surface area contributed by atoms with Crippen LogP contribution in [0.4, 0.5) is 0 Å². The van der Waals surface area contributed by atoms with Gasteiger partial charge in [-0.05, 0) is 50.1 Å². The summed E-state index contributed by atoms with van der Waals surface area (Å²) in [4.78, 5) is 14.3. The number of piperidine rings is 1. The monoisotopic (exact) mass is 354 g/mol. The van der Waals surface area contributed by atoms with Crippen LogP contribution in [0.15, 0.2) is 22.7 Å². The first-order valence-electron chi connectivity index (χ1n) is 7.41. The van der Waals surface area contributed by atoms with Gasteiger partial charge in [-0.25, -0.2) is 0 Å². The maximum absolute atomic E-state index is 12.4. The Morgan fingerprint density at radius 3 is 3.05 bits per heavy atom. The zero-order valence-corrected chi connectivity index (χ0v) is 14.3. The van der Waals surface area contributed by atoms with Crippen LogP contribution >= 0.6 is 15.9 Å². The van der Waals surface area contributed by atoms with Crippen molar-refractivity contribution in [1.82, 2.24) is 10.2 Å². The smallest absolute Gasteiger partial charge is 0.222 e. The molecule has 1 amide bonds. The molecule has 1 atom stereocenters. The quantitative estimate of drug-likeness (QED) is 0.883. The van der Waals surface area contributed by atoms with Crippen LogP contribution in [-0.2, 0) is 11.2 Å². The number of benzene rings is 1. The van der Waals surface area contributed by atoms with E-state index in [1.807, 2.05) is 30.1 Å². The Morgan fingerprint density at radius 1 is 1.52 bits per heavy atom. The van der Waals surface area contributed by atoms with Gasteiger partial charge in [0.25, 0.3) is 0 Å². The number of rotatable bonds is 5. The minimum Gasteiger partial charge on any atom is -0.496 e. The van der Waals surface area contributed by atoms with E-state index in [2.05, 4.69) is 21.2 Å². The van der Waals surface area contributed by atoms with E-state index in [4.69, 9.17) is 4.74 Å². The summed E-state index contributed by atoms with van der Waals surface area (Å²) in [5.41, 5.74) is 1.07. The lowest BCUT2D eigenvalue weighted by Crippen LogP contribution is -2.47. The molecule has 4 nitrogen and oxygen atoms in total. The van der Waals surface area contributed by atoms with E-state index in [9.17, 15) is 4.79 Å². The second kappa shape index (κ2) is 7.80. The first kappa shape index (κ1) is 16.3. The maximum atomic E-state index is 12.4. The molecule has 1 aromatic carbocycles. The fourth-order valence-corrected chi connectivity index (χ4v) is 3.19. The Hall–Kier alpha value is -1.07. The Kier molecular flexibility index (Phi) is 6.06. The molecule has 21 heavy (non-hydrogen) atoms. The molecule has 1 heterocycles. The molecule has 0 aromatic heterocycles. The summed E-state index contributed by atoms with van der Waals surface area (Å²) >= 11 is 3.47. The van der Waals surface area contributed by atoms with E-state index in [1.165, 1.54) is 0 Å². The molecule has 2 rings (SSSR count). The molecule has 116 valence electrons. The van der Waals surface area contributed by atoms with Crippen molar-refractivity contribution in [2.75, 3.05) is 27.2 Å². The third kappa shape index (κ3) is 4.45. The lowest BCUT2D eigenvalue weighted by molar-refractivity contribution is -0.132. The van der Waals surface area contributed by atoms with Crippen molar-refractivity contribution in [2.24, 2.45) is 0 Å². The third-order valence-corrected chi connectivity index (χ3v) is 4.53. The van der Waals surface area contributed by atoms with Crippen LogP contribution in [0.1, 0.15) is 24.8 Å². The van der Waals surface area contributed by atoms with Gasteiger partial charge in [0.2, 0.25) is 5.91 Å². The average molecular weight is 355 g/mol. The first-order chi connectivity index (χ1) is 10.1. The van der Waals surface area contributed by atoms with Crippen LogP contribution in [0.25, 0.3) is 0 Å². The van der Waals surface area contributed by atoms with Crippen LogP contribution in [0.5, 0.6) is 5.75 Å². The number of nitrogens with zero attached hydrogens (tertiary/aromatic N) is 1. The molecule has 1 aliphatic heterocycles. The molecule has 1 fully saturated rings. The predicted octanol–water partition coefficient (Wildman–Crippen LogP) is 2.60. The fraction of sp³-hybridized carbons (Fsp3) is 0.562. The number of carbonyl (C=O) groups is 1. The minimum atomic E-state index is 0.233. The third-order valence-electron chi connectivity index (χ3n) is 4.03. The van der Waals surface area contributed by atoms with Crippen molar-refractivity contribution in [1.29, 1.82) is 0 Å². The Morgan fingerprint density at radius 2 is 2.33 bits per heavy atom. The summed E-state index contributed by atoms with van der Waals surface area (Å²) in [6, 6.07) is 6.34. The van der Waals surface area contributed by atoms with Crippen LogP contribution in [-0.4, -0.2) is 44.1 Å². The molecule has 5 heteroatoms. The van der Waals surface area contributed by atoms with E-state index in [0.29, 0.717) is 18.9 Å². The standard InChI is InChI=1S/C16H23BrN2O2/c1-18-14-4-3-9-19(11-14)16(20)8-5-12-10-13(17)6-7-15(12)21-2/h6-7,10,14,18H,3-5,8-9,11H2,1-2H3/t14-/m0/s1. The lowest BCUT2D eigenvalue weighted by Gasteiger charge is -2.32. The van der Waals surface area contributed by atoms with Gasteiger partial charge in [-0.2, -0.15) is 0 Å². The topological polar surface area (TPSA) is 41.6 Å². The largest absolute Gasteiger partial charge is 0.496 e. The second-order valence-electron chi connectivity index (χ2n) is 5.42. The Balaban J connectivity index is 1.93. The summed E-state index contributed by atoms with van der Waals surface area (Å²) in [6.07, 6.45) is 3.47. The molecule has 0 unspecified atom stereocenters. The van der Waals surface area contributed by atoms with E-state index in [0.717, 1.165) is 41.7 Å². The van der Waals surface area contributed by atoms with E-state index in [-0.39, 0.29) is 5.91 Å².